The Morgan fingerprint density at radius 2 is 2.12 bits per heavy atom. The van der Waals surface area contributed by atoms with Crippen LogP contribution in [0.2, 0.25) is 0 Å². The van der Waals surface area contributed by atoms with Crippen molar-refractivity contribution < 1.29 is 13.9 Å². The van der Waals surface area contributed by atoms with Gasteiger partial charge in [-0.25, -0.2) is 14.4 Å². The summed E-state index contributed by atoms with van der Waals surface area (Å²) in [6.45, 7) is 2.22. The van der Waals surface area contributed by atoms with Crippen LogP contribution in [-0.2, 0) is 6.54 Å². The molecule has 3 heterocycles. The van der Waals surface area contributed by atoms with Gasteiger partial charge in [-0.2, -0.15) is 9.97 Å². The number of aryl methyl sites for hydroxylation is 1. The highest BCUT2D eigenvalue weighted by molar-refractivity contribution is 5.78. The van der Waals surface area contributed by atoms with Crippen LogP contribution in [0.3, 0.4) is 0 Å². The van der Waals surface area contributed by atoms with Crippen molar-refractivity contribution in [2.24, 2.45) is 0 Å². The summed E-state index contributed by atoms with van der Waals surface area (Å²) in [5.74, 6) is 1.10. The Balaban J connectivity index is 1.94. The van der Waals surface area contributed by atoms with Gasteiger partial charge in [0.05, 0.1) is 25.3 Å². The Hall–Kier alpha value is -2.97. The van der Waals surface area contributed by atoms with Crippen molar-refractivity contribution in [2.45, 2.75) is 26.3 Å². The standard InChI is InChI=1S/C17H21FN6O2/c1-3-4-8-24-11-20-14-15(24)22-17(23-16(14)26-9-7-18)21-12-5-6-13(25-2)19-10-12/h5-6,10-11H,3-4,7-9H2,1-2H3,(H,21,22,23). The zero-order valence-corrected chi connectivity index (χ0v) is 14.8. The zero-order chi connectivity index (χ0) is 18.4. The largest absolute Gasteiger partial charge is 0.481 e. The van der Waals surface area contributed by atoms with Crippen LogP contribution in [0.5, 0.6) is 11.8 Å². The van der Waals surface area contributed by atoms with Crippen LogP contribution < -0.4 is 14.8 Å². The molecule has 0 amide bonds. The first-order valence-corrected chi connectivity index (χ1v) is 8.43. The molecule has 0 aliphatic heterocycles. The average molecular weight is 360 g/mol. The minimum atomic E-state index is -0.604. The van der Waals surface area contributed by atoms with E-state index < -0.39 is 6.67 Å². The van der Waals surface area contributed by atoms with Crippen molar-refractivity contribution >= 4 is 22.8 Å². The predicted octanol–water partition coefficient (Wildman–Crippen LogP) is 3.12. The lowest BCUT2D eigenvalue weighted by atomic mass is 10.3. The lowest BCUT2D eigenvalue weighted by Crippen LogP contribution is -2.06. The molecule has 0 fully saturated rings. The molecule has 9 heteroatoms. The van der Waals surface area contributed by atoms with Crippen LogP contribution in [0.15, 0.2) is 24.7 Å². The second-order valence-corrected chi connectivity index (χ2v) is 5.57. The fourth-order valence-electron chi connectivity index (χ4n) is 2.41. The second-order valence-electron chi connectivity index (χ2n) is 5.57. The van der Waals surface area contributed by atoms with Crippen molar-refractivity contribution in [3.8, 4) is 11.8 Å². The quantitative estimate of drug-likeness (QED) is 0.627. The van der Waals surface area contributed by atoms with Gasteiger partial charge in [-0.15, -0.1) is 0 Å². The smallest absolute Gasteiger partial charge is 0.247 e. The SMILES string of the molecule is CCCCn1cnc2c(OCCF)nc(Nc3ccc(OC)nc3)nc21. The second kappa shape index (κ2) is 8.41. The fourth-order valence-corrected chi connectivity index (χ4v) is 2.41. The van der Waals surface area contributed by atoms with Crippen LogP contribution in [0.25, 0.3) is 11.2 Å². The molecular formula is C17H21FN6O2. The molecule has 0 atom stereocenters. The molecule has 0 saturated heterocycles. The molecule has 0 bridgehead atoms. The number of alkyl halides is 1. The third-order valence-corrected chi connectivity index (χ3v) is 3.70. The maximum atomic E-state index is 12.5. The van der Waals surface area contributed by atoms with Crippen LogP contribution in [0, 0.1) is 0 Å². The number of nitrogens with zero attached hydrogens (tertiary/aromatic N) is 5. The van der Waals surface area contributed by atoms with E-state index in [1.54, 1.807) is 31.8 Å². The first kappa shape index (κ1) is 17.8. The lowest BCUT2D eigenvalue weighted by molar-refractivity contribution is 0.267. The minimum Gasteiger partial charge on any atom is -0.481 e. The van der Waals surface area contributed by atoms with Gasteiger partial charge in [0, 0.05) is 12.6 Å². The number of fused-ring (bicyclic) bond motifs is 1. The molecule has 138 valence electrons. The summed E-state index contributed by atoms with van der Waals surface area (Å²) in [6.07, 6.45) is 5.37. The van der Waals surface area contributed by atoms with E-state index >= 15 is 0 Å². The minimum absolute atomic E-state index is 0.0858. The monoisotopic (exact) mass is 360 g/mol. The molecule has 0 aromatic carbocycles. The van der Waals surface area contributed by atoms with E-state index in [1.165, 1.54) is 0 Å². The molecule has 26 heavy (non-hydrogen) atoms. The number of aromatic nitrogens is 5. The molecule has 0 unspecified atom stereocenters. The van der Waals surface area contributed by atoms with Crippen LogP contribution in [0.4, 0.5) is 16.0 Å². The van der Waals surface area contributed by atoms with Crippen molar-refractivity contribution in [3.63, 3.8) is 0 Å². The van der Waals surface area contributed by atoms with Gasteiger partial charge in [0.25, 0.3) is 0 Å². The number of anilines is 2. The molecule has 0 radical (unpaired) electrons. The molecule has 3 aromatic rings. The summed E-state index contributed by atoms with van der Waals surface area (Å²) in [5.41, 5.74) is 1.86. The Morgan fingerprint density at radius 1 is 1.23 bits per heavy atom. The van der Waals surface area contributed by atoms with Gasteiger partial charge in [-0.05, 0) is 12.5 Å². The summed E-state index contributed by atoms with van der Waals surface area (Å²) in [4.78, 5) is 17.3. The average Bonchev–Trinajstić information content (AvgIpc) is 3.08. The Labute approximate surface area is 150 Å². The first-order valence-electron chi connectivity index (χ1n) is 8.43. The van der Waals surface area contributed by atoms with Gasteiger partial charge >= 0.3 is 0 Å². The number of imidazole rings is 1. The van der Waals surface area contributed by atoms with Gasteiger partial charge < -0.3 is 19.4 Å². The number of methoxy groups -OCH3 is 1. The molecule has 0 aliphatic rings. The van der Waals surface area contributed by atoms with E-state index in [-0.39, 0.29) is 12.5 Å². The van der Waals surface area contributed by atoms with E-state index in [4.69, 9.17) is 9.47 Å². The summed E-state index contributed by atoms with van der Waals surface area (Å²) in [7, 11) is 1.55. The van der Waals surface area contributed by atoms with Crippen molar-refractivity contribution in [2.75, 3.05) is 25.7 Å². The van der Waals surface area contributed by atoms with Gasteiger partial charge in [0.2, 0.25) is 17.7 Å². The topological polar surface area (TPSA) is 87.0 Å². The number of ether oxygens (including phenoxy) is 2. The van der Waals surface area contributed by atoms with Crippen LogP contribution in [-0.4, -0.2) is 44.9 Å². The van der Waals surface area contributed by atoms with Gasteiger partial charge in [0.1, 0.15) is 13.3 Å². The van der Waals surface area contributed by atoms with Crippen molar-refractivity contribution in [3.05, 3.63) is 24.7 Å². The van der Waals surface area contributed by atoms with E-state index in [1.807, 2.05) is 4.57 Å². The number of hydrogen-bond acceptors (Lipinski definition) is 7. The van der Waals surface area contributed by atoms with Gasteiger partial charge in [-0.3, -0.25) is 0 Å². The lowest BCUT2D eigenvalue weighted by Gasteiger charge is -2.09. The normalized spacial score (nSPS) is 10.9. The maximum absolute atomic E-state index is 12.5. The van der Waals surface area contributed by atoms with E-state index in [0.29, 0.717) is 28.7 Å². The highest BCUT2D eigenvalue weighted by Gasteiger charge is 2.15. The van der Waals surface area contributed by atoms with E-state index in [0.717, 1.165) is 19.4 Å². The predicted molar refractivity (Wildman–Crippen MR) is 95.8 cm³/mol. The van der Waals surface area contributed by atoms with E-state index in [9.17, 15) is 4.39 Å². The number of nitrogens with one attached hydrogen (secondary N) is 1. The number of halogens is 1. The van der Waals surface area contributed by atoms with Gasteiger partial charge in [0.15, 0.2) is 11.2 Å². The highest BCUT2D eigenvalue weighted by Crippen LogP contribution is 2.25. The van der Waals surface area contributed by atoms with Crippen LogP contribution >= 0.6 is 0 Å². The number of rotatable bonds is 9. The third kappa shape index (κ3) is 3.98. The summed E-state index contributed by atoms with van der Waals surface area (Å²) in [5, 5.41) is 3.08. The van der Waals surface area contributed by atoms with Crippen LogP contribution in [0.1, 0.15) is 19.8 Å². The zero-order valence-electron chi connectivity index (χ0n) is 14.8. The first-order chi connectivity index (χ1) is 12.7. The molecular weight excluding hydrogens is 339 g/mol. The Kier molecular flexibility index (Phi) is 5.77. The Bertz CT molecular complexity index is 852. The van der Waals surface area contributed by atoms with Crippen molar-refractivity contribution in [1.82, 2.24) is 24.5 Å². The molecule has 0 saturated carbocycles. The molecule has 0 spiro atoms. The van der Waals surface area contributed by atoms with Crippen molar-refractivity contribution in [1.29, 1.82) is 0 Å². The third-order valence-electron chi connectivity index (χ3n) is 3.70. The van der Waals surface area contributed by atoms with Gasteiger partial charge in [-0.1, -0.05) is 13.3 Å². The Morgan fingerprint density at radius 3 is 2.81 bits per heavy atom. The molecule has 3 rings (SSSR count). The number of hydrogen-bond donors (Lipinski definition) is 1. The molecule has 3 aromatic heterocycles. The summed E-state index contributed by atoms with van der Waals surface area (Å²) in [6, 6.07) is 3.53. The number of pyridine rings is 1. The summed E-state index contributed by atoms with van der Waals surface area (Å²) >= 11 is 0. The number of unbranched alkanes of at least 4 members (excludes halogenated alkanes) is 1. The fraction of sp³-hybridized carbons (Fsp3) is 0.412. The summed E-state index contributed by atoms with van der Waals surface area (Å²) < 4.78 is 25.0. The maximum Gasteiger partial charge on any atom is 0.247 e. The van der Waals surface area contributed by atoms with E-state index in [2.05, 4.69) is 32.2 Å². The highest BCUT2D eigenvalue weighted by atomic mass is 19.1. The molecule has 0 aliphatic carbocycles. The molecule has 8 nitrogen and oxygen atoms in total. The molecule has 1 N–H and O–H groups in total.